The third-order valence-corrected chi connectivity index (χ3v) is 2.97. The molecule has 0 unspecified atom stereocenters. The van der Waals surface area contributed by atoms with Gasteiger partial charge in [0.1, 0.15) is 0 Å². The van der Waals surface area contributed by atoms with Crippen molar-refractivity contribution in [2.75, 3.05) is 38.3 Å². The smallest absolute Gasteiger partial charge is 0.238 e. The average Bonchev–Trinajstić information content (AvgIpc) is 2.29. The number of carbonyl (C=O) groups is 1. The fourth-order valence-electron chi connectivity index (χ4n) is 1.40. The normalized spacial score (nSPS) is 10.6. The Hall–Kier alpha value is -1.04. The van der Waals surface area contributed by atoms with E-state index in [1.165, 1.54) is 0 Å². The van der Waals surface area contributed by atoms with Crippen molar-refractivity contribution >= 4 is 23.4 Å². The summed E-state index contributed by atoms with van der Waals surface area (Å²) >= 11 is 1.64. The van der Waals surface area contributed by atoms with Crippen LogP contribution in [0.4, 0.5) is 5.69 Å². The Kier molecular flexibility index (Phi) is 6.04. The zero-order chi connectivity index (χ0) is 12.7. The number of hydrogen-bond acceptors (Lipinski definition) is 4. The highest BCUT2D eigenvalue weighted by Gasteiger charge is 2.06. The lowest BCUT2D eigenvalue weighted by molar-refractivity contribution is -0.117. The van der Waals surface area contributed by atoms with Gasteiger partial charge in [0.05, 0.1) is 13.2 Å². The molecule has 0 radical (unpaired) electrons. The Bertz CT molecular complexity index is 371. The largest absolute Gasteiger partial charge is 0.395 e. The molecule has 1 amide bonds. The SMILES string of the molecule is CSc1cccc(NC(=O)CN(C)CCO)c1. The molecule has 4 nitrogen and oxygen atoms in total. The molecule has 1 aromatic carbocycles. The van der Waals surface area contributed by atoms with Crippen molar-refractivity contribution < 1.29 is 9.90 Å². The molecule has 0 heterocycles. The lowest BCUT2D eigenvalue weighted by Gasteiger charge is -2.14. The number of rotatable bonds is 6. The van der Waals surface area contributed by atoms with Gasteiger partial charge in [-0.25, -0.2) is 0 Å². The summed E-state index contributed by atoms with van der Waals surface area (Å²) in [5.74, 6) is -0.0702. The molecule has 0 aromatic heterocycles. The maximum atomic E-state index is 11.7. The summed E-state index contributed by atoms with van der Waals surface area (Å²) in [5.41, 5.74) is 0.805. The molecule has 0 saturated heterocycles. The molecule has 94 valence electrons. The third kappa shape index (κ3) is 5.21. The highest BCUT2D eigenvalue weighted by atomic mass is 32.2. The van der Waals surface area contributed by atoms with Crippen LogP contribution >= 0.6 is 11.8 Å². The Morgan fingerprint density at radius 1 is 1.53 bits per heavy atom. The quantitative estimate of drug-likeness (QED) is 0.751. The maximum absolute atomic E-state index is 11.7. The second kappa shape index (κ2) is 7.32. The number of nitrogens with one attached hydrogen (secondary N) is 1. The molecule has 0 spiro atoms. The molecule has 0 aliphatic heterocycles. The van der Waals surface area contributed by atoms with E-state index in [4.69, 9.17) is 5.11 Å². The molecule has 0 bridgehead atoms. The van der Waals surface area contributed by atoms with Gasteiger partial charge in [0, 0.05) is 17.1 Å². The molecule has 0 saturated carbocycles. The first-order valence-electron chi connectivity index (χ1n) is 5.39. The van der Waals surface area contributed by atoms with Crippen LogP contribution in [0.3, 0.4) is 0 Å². The number of nitrogens with zero attached hydrogens (tertiary/aromatic N) is 1. The van der Waals surface area contributed by atoms with Gasteiger partial charge in [-0.1, -0.05) is 6.07 Å². The van der Waals surface area contributed by atoms with Crippen LogP contribution in [0.15, 0.2) is 29.2 Å². The number of carbonyl (C=O) groups excluding carboxylic acids is 1. The first-order valence-corrected chi connectivity index (χ1v) is 6.61. The molecule has 1 aromatic rings. The number of thioether (sulfide) groups is 1. The van der Waals surface area contributed by atoms with Crippen LogP contribution in [0.5, 0.6) is 0 Å². The van der Waals surface area contributed by atoms with Crippen molar-refractivity contribution in [2.24, 2.45) is 0 Å². The van der Waals surface area contributed by atoms with Crippen LogP contribution in [0, 0.1) is 0 Å². The van der Waals surface area contributed by atoms with E-state index in [2.05, 4.69) is 5.32 Å². The summed E-state index contributed by atoms with van der Waals surface area (Å²) in [6.45, 7) is 0.841. The molecular weight excluding hydrogens is 236 g/mol. The van der Waals surface area contributed by atoms with E-state index in [0.29, 0.717) is 6.54 Å². The summed E-state index contributed by atoms with van der Waals surface area (Å²) in [7, 11) is 1.80. The van der Waals surface area contributed by atoms with Crippen molar-refractivity contribution in [1.82, 2.24) is 4.90 Å². The van der Waals surface area contributed by atoms with Crippen LogP contribution in [0.25, 0.3) is 0 Å². The predicted molar refractivity (Wildman–Crippen MR) is 71.4 cm³/mol. The highest BCUT2D eigenvalue weighted by molar-refractivity contribution is 7.98. The summed E-state index contributed by atoms with van der Waals surface area (Å²) in [4.78, 5) is 14.5. The molecule has 0 aliphatic carbocycles. The molecule has 0 aliphatic rings. The molecule has 1 rings (SSSR count). The van der Waals surface area contributed by atoms with E-state index >= 15 is 0 Å². The number of amides is 1. The van der Waals surface area contributed by atoms with Crippen LogP contribution in [-0.4, -0.2) is 48.9 Å². The first kappa shape index (κ1) is 14.0. The summed E-state index contributed by atoms with van der Waals surface area (Å²) in [6.07, 6.45) is 2.00. The Balaban J connectivity index is 2.49. The average molecular weight is 254 g/mol. The van der Waals surface area contributed by atoms with Crippen LogP contribution in [0.1, 0.15) is 0 Å². The fraction of sp³-hybridized carbons (Fsp3) is 0.417. The van der Waals surface area contributed by atoms with Crippen molar-refractivity contribution in [1.29, 1.82) is 0 Å². The topological polar surface area (TPSA) is 52.6 Å². The van der Waals surface area contributed by atoms with E-state index in [1.807, 2.05) is 30.5 Å². The second-order valence-corrected chi connectivity index (χ2v) is 4.62. The zero-order valence-corrected chi connectivity index (χ0v) is 11.0. The molecule has 2 N–H and O–H groups in total. The van der Waals surface area contributed by atoms with Gasteiger partial charge in [0.15, 0.2) is 0 Å². The fourth-order valence-corrected chi connectivity index (χ4v) is 1.86. The van der Waals surface area contributed by atoms with Gasteiger partial charge in [-0.15, -0.1) is 11.8 Å². The van der Waals surface area contributed by atoms with Crippen LogP contribution < -0.4 is 5.32 Å². The monoisotopic (exact) mass is 254 g/mol. The number of aliphatic hydroxyl groups excluding tert-OH is 1. The minimum absolute atomic E-state index is 0.0612. The molecular formula is C12H18N2O2S. The number of anilines is 1. The van der Waals surface area contributed by atoms with Crippen molar-refractivity contribution in [3.63, 3.8) is 0 Å². The van der Waals surface area contributed by atoms with Gasteiger partial charge in [0.25, 0.3) is 0 Å². The van der Waals surface area contributed by atoms with Crippen molar-refractivity contribution in [3.8, 4) is 0 Å². The summed E-state index contributed by atoms with van der Waals surface area (Å²) < 4.78 is 0. The van der Waals surface area contributed by atoms with Gasteiger partial charge < -0.3 is 10.4 Å². The highest BCUT2D eigenvalue weighted by Crippen LogP contribution is 2.18. The van der Waals surface area contributed by atoms with Gasteiger partial charge in [-0.3, -0.25) is 9.69 Å². The lowest BCUT2D eigenvalue weighted by atomic mass is 10.3. The molecule has 0 atom stereocenters. The minimum Gasteiger partial charge on any atom is -0.395 e. The van der Waals surface area contributed by atoms with E-state index in [1.54, 1.807) is 23.7 Å². The first-order chi connectivity index (χ1) is 8.15. The van der Waals surface area contributed by atoms with E-state index < -0.39 is 0 Å². The number of likely N-dealkylation sites (N-methyl/N-ethyl adjacent to an activating group) is 1. The number of aliphatic hydroxyl groups is 1. The van der Waals surface area contributed by atoms with Crippen molar-refractivity contribution in [3.05, 3.63) is 24.3 Å². The molecule has 0 fully saturated rings. The summed E-state index contributed by atoms with van der Waals surface area (Å²) in [6, 6.07) is 7.72. The Morgan fingerprint density at radius 2 is 2.29 bits per heavy atom. The standard InChI is InChI=1S/C12H18N2O2S/c1-14(6-7-15)9-12(16)13-10-4-3-5-11(8-10)17-2/h3-5,8,15H,6-7,9H2,1-2H3,(H,13,16). The summed E-state index contributed by atoms with van der Waals surface area (Å²) in [5, 5.41) is 11.6. The maximum Gasteiger partial charge on any atom is 0.238 e. The second-order valence-electron chi connectivity index (χ2n) is 3.74. The minimum atomic E-state index is -0.0702. The number of benzene rings is 1. The lowest BCUT2D eigenvalue weighted by Crippen LogP contribution is -2.32. The third-order valence-electron chi connectivity index (χ3n) is 2.25. The van der Waals surface area contributed by atoms with E-state index in [9.17, 15) is 4.79 Å². The number of hydrogen-bond donors (Lipinski definition) is 2. The molecule has 17 heavy (non-hydrogen) atoms. The predicted octanol–water partition coefficient (Wildman–Crippen LogP) is 1.27. The van der Waals surface area contributed by atoms with Gasteiger partial charge in [0.2, 0.25) is 5.91 Å². The van der Waals surface area contributed by atoms with Gasteiger partial charge in [-0.2, -0.15) is 0 Å². The van der Waals surface area contributed by atoms with E-state index in [0.717, 1.165) is 10.6 Å². The zero-order valence-electron chi connectivity index (χ0n) is 10.1. The van der Waals surface area contributed by atoms with E-state index in [-0.39, 0.29) is 19.1 Å². The molecule has 5 heteroatoms. The Labute approximate surface area is 106 Å². The van der Waals surface area contributed by atoms with Gasteiger partial charge >= 0.3 is 0 Å². The van der Waals surface area contributed by atoms with Crippen LogP contribution in [0.2, 0.25) is 0 Å². The van der Waals surface area contributed by atoms with Crippen molar-refractivity contribution in [2.45, 2.75) is 4.90 Å². The van der Waals surface area contributed by atoms with Gasteiger partial charge in [-0.05, 0) is 31.5 Å². The Morgan fingerprint density at radius 3 is 2.94 bits per heavy atom. The van der Waals surface area contributed by atoms with Crippen LogP contribution in [-0.2, 0) is 4.79 Å².